The third-order valence-electron chi connectivity index (χ3n) is 5.14. The summed E-state index contributed by atoms with van der Waals surface area (Å²) in [6.07, 6.45) is 3.38. The number of rotatable bonds is 17. The first kappa shape index (κ1) is 31.4. The number of aliphatic carboxylic acids is 1. The van der Waals surface area contributed by atoms with Gasteiger partial charge in [0, 0.05) is 6.54 Å². The van der Waals surface area contributed by atoms with Crippen LogP contribution < -0.4 is 33.2 Å². The molecule has 11 N–H and O–H groups in total. The van der Waals surface area contributed by atoms with E-state index < -0.39 is 54.5 Å². The summed E-state index contributed by atoms with van der Waals surface area (Å²) in [6.45, 7) is 3.15. The number of carboxylic acid groups (broad SMARTS) is 1. The number of carbonyl (C=O) groups is 4. The minimum atomic E-state index is -1.50. The molecule has 0 aromatic rings. The lowest BCUT2D eigenvalue weighted by Crippen LogP contribution is -2.59. The molecule has 13 nitrogen and oxygen atoms in total. The molecule has 3 amide bonds. The summed E-state index contributed by atoms with van der Waals surface area (Å²) in [5, 5.41) is 25.7. The second-order valence-corrected chi connectivity index (χ2v) is 8.84. The molecule has 0 aliphatic carbocycles. The van der Waals surface area contributed by atoms with Crippen LogP contribution in [0.5, 0.6) is 0 Å². The van der Waals surface area contributed by atoms with E-state index in [1.54, 1.807) is 6.92 Å². The van der Waals surface area contributed by atoms with Crippen LogP contribution in [-0.4, -0.2) is 89.2 Å². The number of aliphatic hydroxyl groups excluding tert-OH is 1. The summed E-state index contributed by atoms with van der Waals surface area (Å²) in [4.78, 5) is 53.2. The van der Waals surface area contributed by atoms with Crippen molar-refractivity contribution >= 4 is 41.4 Å². The van der Waals surface area contributed by atoms with E-state index in [0.29, 0.717) is 31.6 Å². The average Bonchev–Trinajstić information content (AvgIpc) is 2.79. The largest absolute Gasteiger partial charge is 0.480 e. The number of thioether (sulfide) groups is 1. The molecule has 5 atom stereocenters. The van der Waals surface area contributed by atoms with Crippen LogP contribution in [0.2, 0.25) is 0 Å². The maximum atomic E-state index is 13.0. The lowest BCUT2D eigenvalue weighted by molar-refractivity contribution is -0.143. The topological polar surface area (TPSA) is 235 Å². The number of carbonyl (C=O) groups excluding carboxylic acids is 3. The monoisotopic (exact) mass is 505 g/mol. The molecular weight excluding hydrogens is 466 g/mol. The molecule has 0 bridgehead atoms. The Labute approximate surface area is 204 Å². The van der Waals surface area contributed by atoms with Crippen LogP contribution >= 0.6 is 11.8 Å². The lowest BCUT2D eigenvalue weighted by atomic mass is 9.97. The molecule has 0 saturated heterocycles. The van der Waals surface area contributed by atoms with Crippen molar-refractivity contribution < 1.29 is 29.4 Å². The number of guanidine groups is 1. The Morgan fingerprint density at radius 1 is 1.00 bits per heavy atom. The fourth-order valence-electron chi connectivity index (χ4n) is 2.84. The van der Waals surface area contributed by atoms with Gasteiger partial charge in [-0.3, -0.25) is 19.4 Å². The molecule has 0 aromatic carbocycles. The first-order valence-electron chi connectivity index (χ1n) is 11.0. The summed E-state index contributed by atoms with van der Waals surface area (Å²) in [6, 6.07) is -4.39. The zero-order valence-electron chi connectivity index (χ0n) is 20.0. The zero-order chi connectivity index (χ0) is 26.3. The Kier molecular flexibility index (Phi) is 15.7. The van der Waals surface area contributed by atoms with Crippen molar-refractivity contribution in [2.45, 2.75) is 63.7 Å². The van der Waals surface area contributed by atoms with Gasteiger partial charge in [-0.15, -0.1) is 0 Å². The third kappa shape index (κ3) is 12.0. The first-order chi connectivity index (χ1) is 16.0. The zero-order valence-corrected chi connectivity index (χ0v) is 20.8. The van der Waals surface area contributed by atoms with Gasteiger partial charge in [0.25, 0.3) is 0 Å². The predicted octanol–water partition coefficient (Wildman–Crippen LogP) is -2.30. The van der Waals surface area contributed by atoms with Crippen molar-refractivity contribution in [2.24, 2.45) is 28.1 Å². The standard InChI is InChI=1S/C20H39N7O6S/c1-4-11(2)15(27-16(29)12(21)6-5-8-24-20(22)23)18(31)25-13(7-9-34-3)17(30)26-14(10-28)19(32)33/h11-15,28H,4-10,21H2,1-3H3,(H,25,31)(H,26,30)(H,27,29)(H,32,33)(H4,22,23,24). The molecule has 0 aliphatic rings. The maximum absolute atomic E-state index is 13.0. The number of nitrogens with zero attached hydrogens (tertiary/aromatic N) is 1. The quantitative estimate of drug-likeness (QED) is 0.0597. The second-order valence-electron chi connectivity index (χ2n) is 7.85. The highest BCUT2D eigenvalue weighted by Crippen LogP contribution is 2.11. The Hall–Kier alpha value is -2.58. The third-order valence-corrected chi connectivity index (χ3v) is 5.78. The van der Waals surface area contributed by atoms with Gasteiger partial charge in [-0.05, 0) is 37.2 Å². The number of amides is 3. The van der Waals surface area contributed by atoms with Gasteiger partial charge in [-0.25, -0.2) is 4.79 Å². The smallest absolute Gasteiger partial charge is 0.328 e. The fourth-order valence-corrected chi connectivity index (χ4v) is 3.31. The molecule has 0 heterocycles. The van der Waals surface area contributed by atoms with Crippen LogP contribution in [0.3, 0.4) is 0 Å². The summed E-state index contributed by atoms with van der Waals surface area (Å²) in [5.41, 5.74) is 16.5. The molecule has 0 aliphatic heterocycles. The molecule has 0 saturated carbocycles. The van der Waals surface area contributed by atoms with Crippen LogP contribution in [0.25, 0.3) is 0 Å². The minimum absolute atomic E-state index is 0.0553. The molecule has 196 valence electrons. The van der Waals surface area contributed by atoms with E-state index in [0.717, 1.165) is 0 Å². The molecule has 0 aromatic heterocycles. The number of aliphatic imine (C=N–C) groups is 1. The molecule has 5 unspecified atom stereocenters. The van der Waals surface area contributed by atoms with Crippen LogP contribution in [0.4, 0.5) is 0 Å². The Balaban J connectivity index is 5.31. The highest BCUT2D eigenvalue weighted by molar-refractivity contribution is 7.98. The first-order valence-corrected chi connectivity index (χ1v) is 12.4. The fraction of sp³-hybridized carbons (Fsp3) is 0.750. The SMILES string of the molecule is CCC(C)C(NC(=O)C(N)CCCN=C(N)N)C(=O)NC(CCSC)C(=O)NC(CO)C(=O)O. The predicted molar refractivity (Wildman–Crippen MR) is 131 cm³/mol. The van der Waals surface area contributed by atoms with Gasteiger partial charge < -0.3 is 43.4 Å². The van der Waals surface area contributed by atoms with Crippen molar-refractivity contribution in [2.75, 3.05) is 25.2 Å². The number of hydrogen-bond donors (Lipinski definition) is 8. The van der Waals surface area contributed by atoms with E-state index >= 15 is 0 Å². The minimum Gasteiger partial charge on any atom is -0.480 e. The van der Waals surface area contributed by atoms with Crippen molar-refractivity contribution in [1.29, 1.82) is 0 Å². The van der Waals surface area contributed by atoms with Gasteiger partial charge in [0.2, 0.25) is 17.7 Å². The number of hydrogen-bond acceptors (Lipinski definition) is 8. The molecular formula is C20H39N7O6S. The van der Waals surface area contributed by atoms with Gasteiger partial charge in [0.05, 0.1) is 12.6 Å². The Morgan fingerprint density at radius 3 is 2.12 bits per heavy atom. The van der Waals surface area contributed by atoms with Crippen molar-refractivity contribution in [3.05, 3.63) is 0 Å². The summed E-state index contributed by atoms with van der Waals surface area (Å²) in [5.74, 6) is -3.07. The van der Waals surface area contributed by atoms with E-state index in [2.05, 4.69) is 20.9 Å². The van der Waals surface area contributed by atoms with Crippen molar-refractivity contribution in [3.63, 3.8) is 0 Å². The van der Waals surface area contributed by atoms with Gasteiger partial charge in [0.1, 0.15) is 18.1 Å². The van der Waals surface area contributed by atoms with Gasteiger partial charge >= 0.3 is 5.97 Å². The van der Waals surface area contributed by atoms with Crippen molar-refractivity contribution in [3.8, 4) is 0 Å². The molecule has 0 rings (SSSR count). The maximum Gasteiger partial charge on any atom is 0.328 e. The van der Waals surface area contributed by atoms with Crippen molar-refractivity contribution in [1.82, 2.24) is 16.0 Å². The lowest BCUT2D eigenvalue weighted by Gasteiger charge is -2.27. The summed E-state index contributed by atoms with van der Waals surface area (Å²) < 4.78 is 0. The molecule has 14 heteroatoms. The Bertz CT molecular complexity index is 705. The van der Waals surface area contributed by atoms with E-state index in [4.69, 9.17) is 27.4 Å². The van der Waals surface area contributed by atoms with E-state index in [9.17, 15) is 19.2 Å². The highest BCUT2D eigenvalue weighted by atomic mass is 32.2. The number of nitrogens with two attached hydrogens (primary N) is 3. The van der Waals surface area contributed by atoms with Gasteiger partial charge in [-0.2, -0.15) is 11.8 Å². The van der Waals surface area contributed by atoms with E-state index in [-0.39, 0.29) is 18.3 Å². The van der Waals surface area contributed by atoms with Crippen LogP contribution in [-0.2, 0) is 19.2 Å². The van der Waals surface area contributed by atoms with Crippen LogP contribution in [0.1, 0.15) is 39.5 Å². The van der Waals surface area contributed by atoms with Crippen LogP contribution in [0, 0.1) is 5.92 Å². The van der Waals surface area contributed by atoms with Crippen LogP contribution in [0.15, 0.2) is 4.99 Å². The van der Waals surface area contributed by atoms with E-state index in [1.807, 2.05) is 13.2 Å². The second kappa shape index (κ2) is 16.9. The van der Waals surface area contributed by atoms with Gasteiger partial charge in [-0.1, -0.05) is 20.3 Å². The highest BCUT2D eigenvalue weighted by Gasteiger charge is 2.32. The average molecular weight is 506 g/mol. The summed E-state index contributed by atoms with van der Waals surface area (Å²) in [7, 11) is 0. The van der Waals surface area contributed by atoms with E-state index in [1.165, 1.54) is 11.8 Å². The number of nitrogens with one attached hydrogen (secondary N) is 3. The molecule has 34 heavy (non-hydrogen) atoms. The number of aliphatic hydroxyl groups is 1. The normalized spacial score (nSPS) is 15.2. The summed E-state index contributed by atoms with van der Waals surface area (Å²) >= 11 is 1.44. The molecule has 0 spiro atoms. The number of carboxylic acids is 1. The van der Waals surface area contributed by atoms with Gasteiger partial charge in [0.15, 0.2) is 5.96 Å². The Morgan fingerprint density at radius 2 is 1.62 bits per heavy atom. The molecule has 0 radical (unpaired) electrons. The molecule has 0 fully saturated rings.